The van der Waals surface area contributed by atoms with E-state index in [1.54, 1.807) is 18.1 Å². The molecule has 0 atom stereocenters. The van der Waals surface area contributed by atoms with Crippen LogP contribution in [-0.4, -0.2) is 43.7 Å². The molecule has 19 heavy (non-hydrogen) atoms. The van der Waals surface area contributed by atoms with Gasteiger partial charge >= 0.3 is 5.97 Å². The summed E-state index contributed by atoms with van der Waals surface area (Å²) in [5.74, 6) is -0.186. The summed E-state index contributed by atoms with van der Waals surface area (Å²) in [5, 5.41) is 10.9. The molecule has 0 aliphatic heterocycles. The van der Waals surface area contributed by atoms with E-state index in [9.17, 15) is 4.79 Å². The molecule has 5 nitrogen and oxygen atoms in total. The quantitative estimate of drug-likeness (QED) is 0.907. The zero-order valence-electron chi connectivity index (χ0n) is 11.3. The van der Waals surface area contributed by atoms with E-state index in [1.807, 2.05) is 43.3 Å². The Morgan fingerprint density at radius 1 is 1.21 bits per heavy atom. The Labute approximate surface area is 112 Å². The second kappa shape index (κ2) is 5.14. The van der Waals surface area contributed by atoms with Crippen LogP contribution in [0.4, 0.5) is 11.5 Å². The largest absolute Gasteiger partial charge is 0.480 e. The number of fused-ring (bicyclic) bond motifs is 1. The van der Waals surface area contributed by atoms with Crippen LogP contribution in [0, 0.1) is 0 Å². The fourth-order valence-corrected chi connectivity index (χ4v) is 2.15. The molecule has 0 amide bonds. The van der Waals surface area contributed by atoms with Gasteiger partial charge in [-0.1, -0.05) is 12.1 Å². The molecule has 0 unspecified atom stereocenters. The van der Waals surface area contributed by atoms with E-state index in [-0.39, 0.29) is 6.54 Å². The number of carboxylic acids is 1. The molecule has 1 N–H and O–H groups in total. The molecule has 2 rings (SSSR count). The summed E-state index contributed by atoms with van der Waals surface area (Å²) in [4.78, 5) is 18.8. The molecule has 0 saturated carbocycles. The molecule has 0 aliphatic carbocycles. The van der Waals surface area contributed by atoms with Crippen molar-refractivity contribution >= 4 is 28.2 Å². The average Bonchev–Trinajstić information content (AvgIpc) is 2.36. The molecule has 0 aliphatic rings. The molecule has 100 valence electrons. The number of likely N-dealkylation sites (N-methyl/N-ethyl adjacent to an activating group) is 1. The van der Waals surface area contributed by atoms with E-state index in [4.69, 9.17) is 5.11 Å². The fourth-order valence-electron chi connectivity index (χ4n) is 2.15. The Morgan fingerprint density at radius 3 is 2.58 bits per heavy atom. The van der Waals surface area contributed by atoms with Gasteiger partial charge in [0.2, 0.25) is 0 Å². The highest BCUT2D eigenvalue weighted by Gasteiger charge is 2.12. The van der Waals surface area contributed by atoms with Crippen LogP contribution in [0.5, 0.6) is 0 Å². The first-order chi connectivity index (χ1) is 9.00. The molecule has 1 aromatic heterocycles. The van der Waals surface area contributed by atoms with E-state index < -0.39 is 5.97 Å². The number of hydrogen-bond acceptors (Lipinski definition) is 4. The van der Waals surface area contributed by atoms with Crippen molar-refractivity contribution in [2.75, 3.05) is 37.5 Å². The lowest BCUT2D eigenvalue weighted by atomic mass is 10.1. The molecule has 0 fully saturated rings. The summed E-state index contributed by atoms with van der Waals surface area (Å²) >= 11 is 0. The van der Waals surface area contributed by atoms with Gasteiger partial charge < -0.3 is 14.9 Å². The number of nitrogens with zero attached hydrogens (tertiary/aromatic N) is 3. The first-order valence-corrected chi connectivity index (χ1v) is 5.98. The Kier molecular flexibility index (Phi) is 3.55. The van der Waals surface area contributed by atoms with Gasteiger partial charge in [0.1, 0.15) is 12.4 Å². The first-order valence-electron chi connectivity index (χ1n) is 5.98. The number of carboxylic acid groups (broad SMARTS) is 1. The third kappa shape index (κ3) is 2.59. The second-order valence-corrected chi connectivity index (χ2v) is 4.65. The summed E-state index contributed by atoms with van der Waals surface area (Å²) < 4.78 is 0. The Balaban J connectivity index is 2.57. The molecular weight excluding hydrogens is 242 g/mol. The molecule has 0 spiro atoms. The summed E-state index contributed by atoms with van der Waals surface area (Å²) in [5.41, 5.74) is 1.09. The number of rotatable bonds is 4. The highest BCUT2D eigenvalue weighted by molar-refractivity contribution is 6.00. The number of carbonyl (C=O) groups is 1. The zero-order chi connectivity index (χ0) is 14.0. The minimum absolute atomic E-state index is 0.0711. The molecular formula is C14H17N3O2. The predicted molar refractivity (Wildman–Crippen MR) is 77.0 cm³/mol. The van der Waals surface area contributed by atoms with Crippen molar-refractivity contribution in [2.24, 2.45) is 0 Å². The maximum absolute atomic E-state index is 10.8. The number of pyridine rings is 1. The number of aliphatic carboxylic acids is 1. The Bertz CT molecular complexity index is 611. The molecule has 0 bridgehead atoms. The predicted octanol–water partition coefficient (Wildman–Crippen LogP) is 1.82. The topological polar surface area (TPSA) is 56.7 Å². The monoisotopic (exact) mass is 259 g/mol. The molecule has 1 aromatic carbocycles. The van der Waals surface area contributed by atoms with E-state index in [0.29, 0.717) is 5.82 Å². The summed E-state index contributed by atoms with van der Waals surface area (Å²) in [7, 11) is 5.70. The van der Waals surface area contributed by atoms with Gasteiger partial charge in [0, 0.05) is 43.8 Å². The van der Waals surface area contributed by atoms with Crippen LogP contribution in [0.25, 0.3) is 10.8 Å². The molecule has 1 heterocycles. The van der Waals surface area contributed by atoms with Crippen molar-refractivity contribution in [3.05, 3.63) is 30.5 Å². The van der Waals surface area contributed by atoms with Gasteiger partial charge in [-0.25, -0.2) is 4.98 Å². The summed E-state index contributed by atoms with van der Waals surface area (Å²) in [6.45, 7) is -0.0711. The van der Waals surface area contributed by atoms with Crippen LogP contribution in [0.1, 0.15) is 0 Å². The van der Waals surface area contributed by atoms with Crippen molar-refractivity contribution in [1.82, 2.24) is 4.98 Å². The molecule has 2 aromatic rings. The van der Waals surface area contributed by atoms with E-state index in [1.165, 1.54) is 0 Å². The third-order valence-electron chi connectivity index (χ3n) is 2.98. The van der Waals surface area contributed by atoms with Gasteiger partial charge in [-0.05, 0) is 12.1 Å². The van der Waals surface area contributed by atoms with E-state index in [2.05, 4.69) is 4.98 Å². The van der Waals surface area contributed by atoms with Crippen LogP contribution in [0.2, 0.25) is 0 Å². The van der Waals surface area contributed by atoms with Gasteiger partial charge in [0.25, 0.3) is 0 Å². The first kappa shape index (κ1) is 13.1. The number of aromatic nitrogens is 1. The lowest BCUT2D eigenvalue weighted by Crippen LogP contribution is -2.26. The minimum Gasteiger partial charge on any atom is -0.480 e. The highest BCUT2D eigenvalue weighted by atomic mass is 16.4. The standard InChI is InChI=1S/C14H17N3O2/c1-16(2)12-6-4-5-11-10(12)7-8-15-14(11)17(3)9-13(18)19/h4-8H,9H2,1-3H3,(H,18,19). The maximum atomic E-state index is 10.8. The fraction of sp³-hybridized carbons (Fsp3) is 0.286. The normalized spacial score (nSPS) is 10.5. The number of anilines is 2. The maximum Gasteiger partial charge on any atom is 0.323 e. The van der Waals surface area contributed by atoms with Crippen molar-refractivity contribution < 1.29 is 9.90 Å². The van der Waals surface area contributed by atoms with Crippen LogP contribution in [0.3, 0.4) is 0 Å². The molecule has 5 heteroatoms. The van der Waals surface area contributed by atoms with Gasteiger partial charge in [-0.2, -0.15) is 0 Å². The molecule has 0 saturated heterocycles. The van der Waals surface area contributed by atoms with Crippen LogP contribution in [-0.2, 0) is 4.79 Å². The SMILES string of the molecule is CN(C)c1cccc2c(N(C)CC(=O)O)nccc12. The number of hydrogen-bond donors (Lipinski definition) is 1. The lowest BCUT2D eigenvalue weighted by molar-refractivity contribution is -0.135. The van der Waals surface area contributed by atoms with Crippen LogP contribution >= 0.6 is 0 Å². The average molecular weight is 259 g/mol. The number of benzene rings is 1. The van der Waals surface area contributed by atoms with Gasteiger partial charge in [0.15, 0.2) is 0 Å². The second-order valence-electron chi connectivity index (χ2n) is 4.65. The zero-order valence-corrected chi connectivity index (χ0v) is 11.3. The van der Waals surface area contributed by atoms with E-state index >= 15 is 0 Å². The Morgan fingerprint density at radius 2 is 1.95 bits per heavy atom. The van der Waals surface area contributed by atoms with Crippen LogP contribution in [0.15, 0.2) is 30.5 Å². The summed E-state index contributed by atoms with van der Waals surface area (Å²) in [6.07, 6.45) is 1.71. The highest BCUT2D eigenvalue weighted by Crippen LogP contribution is 2.30. The summed E-state index contributed by atoms with van der Waals surface area (Å²) in [6, 6.07) is 7.90. The smallest absolute Gasteiger partial charge is 0.323 e. The van der Waals surface area contributed by atoms with Gasteiger partial charge in [-0.15, -0.1) is 0 Å². The molecule has 0 radical (unpaired) electrons. The third-order valence-corrected chi connectivity index (χ3v) is 2.98. The minimum atomic E-state index is -0.870. The van der Waals surface area contributed by atoms with Crippen LogP contribution < -0.4 is 9.80 Å². The van der Waals surface area contributed by atoms with E-state index in [0.717, 1.165) is 16.5 Å². The van der Waals surface area contributed by atoms with Crippen molar-refractivity contribution in [2.45, 2.75) is 0 Å². The van der Waals surface area contributed by atoms with Gasteiger partial charge in [0.05, 0.1) is 0 Å². The van der Waals surface area contributed by atoms with Gasteiger partial charge in [-0.3, -0.25) is 4.79 Å². The van der Waals surface area contributed by atoms with Crippen molar-refractivity contribution in [3.8, 4) is 0 Å². The van der Waals surface area contributed by atoms with Crippen molar-refractivity contribution in [3.63, 3.8) is 0 Å². The Hall–Kier alpha value is -2.30. The lowest BCUT2D eigenvalue weighted by Gasteiger charge is -2.20. The van der Waals surface area contributed by atoms with Crippen molar-refractivity contribution in [1.29, 1.82) is 0 Å².